The molecule has 1 aromatic carbocycles. The van der Waals surface area contributed by atoms with Gasteiger partial charge in [0.25, 0.3) is 0 Å². The van der Waals surface area contributed by atoms with E-state index in [1.807, 2.05) is 24.5 Å². The molecule has 4 heteroatoms. The average molecular weight is 210 g/mol. The number of nitrogens with one attached hydrogen (secondary N) is 1. The molecule has 0 aliphatic heterocycles. The fraction of sp³-hybridized carbons (Fsp3) is 0.300. The van der Waals surface area contributed by atoms with E-state index in [0.717, 1.165) is 5.52 Å². The van der Waals surface area contributed by atoms with Gasteiger partial charge in [-0.15, -0.1) is 0 Å². The normalized spacial score (nSPS) is 11.4. The van der Waals surface area contributed by atoms with Gasteiger partial charge in [0.1, 0.15) is 11.3 Å². The van der Waals surface area contributed by atoms with Gasteiger partial charge in [0, 0.05) is 6.04 Å². The summed E-state index contributed by atoms with van der Waals surface area (Å²) in [5.41, 5.74) is 1.32. The number of hydrogen-bond donors (Lipinski definition) is 1. The standard InChI is InChI=1S/C10H11FN2S/c1-6(2)13-8-5-3-4-7(11)9(8)12-10(13)14/h3-6H,1-2H3,(H,12,14). The number of para-hydroxylation sites is 1. The first-order valence-corrected chi connectivity index (χ1v) is 4.91. The zero-order valence-corrected chi connectivity index (χ0v) is 8.86. The van der Waals surface area contributed by atoms with Crippen molar-refractivity contribution in [1.82, 2.24) is 9.55 Å². The van der Waals surface area contributed by atoms with Gasteiger partial charge in [-0.2, -0.15) is 0 Å². The summed E-state index contributed by atoms with van der Waals surface area (Å²) in [7, 11) is 0. The van der Waals surface area contributed by atoms with Gasteiger partial charge in [0.2, 0.25) is 0 Å². The van der Waals surface area contributed by atoms with Crippen LogP contribution in [0.1, 0.15) is 19.9 Å². The average Bonchev–Trinajstić information content (AvgIpc) is 2.42. The van der Waals surface area contributed by atoms with Crippen LogP contribution in [0, 0.1) is 10.6 Å². The molecule has 0 unspecified atom stereocenters. The van der Waals surface area contributed by atoms with Crippen molar-refractivity contribution in [3.8, 4) is 0 Å². The molecule has 74 valence electrons. The number of H-pyrrole nitrogens is 1. The second kappa shape index (κ2) is 3.20. The maximum Gasteiger partial charge on any atom is 0.178 e. The van der Waals surface area contributed by atoms with Crippen molar-refractivity contribution >= 4 is 23.3 Å². The van der Waals surface area contributed by atoms with E-state index in [2.05, 4.69) is 4.98 Å². The summed E-state index contributed by atoms with van der Waals surface area (Å²) in [5, 5.41) is 0. The minimum Gasteiger partial charge on any atom is -0.328 e. The smallest absolute Gasteiger partial charge is 0.178 e. The van der Waals surface area contributed by atoms with E-state index in [-0.39, 0.29) is 11.9 Å². The van der Waals surface area contributed by atoms with Crippen molar-refractivity contribution in [2.24, 2.45) is 0 Å². The zero-order valence-electron chi connectivity index (χ0n) is 8.04. The first-order chi connectivity index (χ1) is 6.61. The monoisotopic (exact) mass is 210 g/mol. The van der Waals surface area contributed by atoms with Crippen LogP contribution in [-0.2, 0) is 0 Å². The molecule has 1 heterocycles. The highest BCUT2D eigenvalue weighted by Crippen LogP contribution is 2.20. The fourth-order valence-corrected chi connectivity index (χ4v) is 2.04. The van der Waals surface area contributed by atoms with Crippen LogP contribution in [0.15, 0.2) is 18.2 Å². The van der Waals surface area contributed by atoms with Crippen molar-refractivity contribution in [2.75, 3.05) is 0 Å². The summed E-state index contributed by atoms with van der Waals surface area (Å²) in [5.74, 6) is -0.256. The van der Waals surface area contributed by atoms with Crippen LogP contribution >= 0.6 is 12.2 Å². The minimum absolute atomic E-state index is 0.234. The number of rotatable bonds is 1. The summed E-state index contributed by atoms with van der Waals surface area (Å²) < 4.78 is 15.8. The summed E-state index contributed by atoms with van der Waals surface area (Å²) in [6, 6.07) is 5.22. The molecule has 0 fully saturated rings. The third-order valence-corrected chi connectivity index (χ3v) is 2.52. The van der Waals surface area contributed by atoms with Crippen molar-refractivity contribution < 1.29 is 4.39 Å². The molecule has 2 aromatic rings. The molecule has 0 atom stereocenters. The minimum atomic E-state index is -0.256. The number of hydrogen-bond acceptors (Lipinski definition) is 1. The van der Waals surface area contributed by atoms with E-state index in [9.17, 15) is 4.39 Å². The highest BCUT2D eigenvalue weighted by Gasteiger charge is 2.09. The van der Waals surface area contributed by atoms with E-state index >= 15 is 0 Å². The Morgan fingerprint density at radius 2 is 2.14 bits per heavy atom. The molecule has 2 nitrogen and oxygen atoms in total. The molecule has 0 radical (unpaired) electrons. The largest absolute Gasteiger partial charge is 0.328 e. The van der Waals surface area contributed by atoms with Gasteiger partial charge in [-0.05, 0) is 38.2 Å². The summed E-state index contributed by atoms with van der Waals surface area (Å²) >= 11 is 5.13. The molecular formula is C10H11FN2S. The molecule has 0 aliphatic rings. The fourth-order valence-electron chi connectivity index (χ4n) is 1.63. The summed E-state index contributed by atoms with van der Waals surface area (Å²) in [6.45, 7) is 4.04. The van der Waals surface area contributed by atoms with E-state index < -0.39 is 0 Å². The number of halogens is 1. The maximum atomic E-state index is 13.4. The third-order valence-electron chi connectivity index (χ3n) is 2.22. The van der Waals surface area contributed by atoms with Gasteiger partial charge >= 0.3 is 0 Å². The molecule has 2 rings (SSSR count). The van der Waals surface area contributed by atoms with Crippen molar-refractivity contribution in [3.63, 3.8) is 0 Å². The maximum absolute atomic E-state index is 13.4. The molecule has 0 spiro atoms. The lowest BCUT2D eigenvalue weighted by molar-refractivity contribution is 0.609. The van der Waals surface area contributed by atoms with Crippen LogP contribution < -0.4 is 0 Å². The Bertz CT molecular complexity index is 524. The number of aromatic nitrogens is 2. The van der Waals surface area contributed by atoms with Crippen LogP contribution in [0.5, 0.6) is 0 Å². The Labute approximate surface area is 86.4 Å². The highest BCUT2D eigenvalue weighted by atomic mass is 32.1. The Morgan fingerprint density at radius 1 is 1.43 bits per heavy atom. The predicted molar refractivity (Wildman–Crippen MR) is 57.5 cm³/mol. The van der Waals surface area contributed by atoms with Crippen LogP contribution in [0.2, 0.25) is 0 Å². The predicted octanol–water partition coefficient (Wildman–Crippen LogP) is 3.42. The van der Waals surface area contributed by atoms with Gasteiger partial charge in [0.05, 0.1) is 5.52 Å². The second-order valence-electron chi connectivity index (χ2n) is 3.53. The number of benzene rings is 1. The summed E-state index contributed by atoms with van der Waals surface area (Å²) in [6.07, 6.45) is 0. The van der Waals surface area contributed by atoms with Gasteiger partial charge in [-0.25, -0.2) is 4.39 Å². The first kappa shape index (κ1) is 9.40. The van der Waals surface area contributed by atoms with Crippen LogP contribution in [0.3, 0.4) is 0 Å². The molecule has 0 aliphatic carbocycles. The number of aromatic amines is 1. The molecule has 0 bridgehead atoms. The quantitative estimate of drug-likeness (QED) is 0.715. The molecule has 0 saturated carbocycles. The van der Waals surface area contributed by atoms with Gasteiger partial charge in [0.15, 0.2) is 4.77 Å². The number of nitrogens with zero attached hydrogens (tertiary/aromatic N) is 1. The molecular weight excluding hydrogens is 199 g/mol. The van der Waals surface area contributed by atoms with Gasteiger partial charge in [-0.1, -0.05) is 6.07 Å². The molecule has 0 amide bonds. The van der Waals surface area contributed by atoms with Crippen LogP contribution in [0.25, 0.3) is 11.0 Å². The van der Waals surface area contributed by atoms with E-state index in [0.29, 0.717) is 10.3 Å². The summed E-state index contributed by atoms with van der Waals surface area (Å²) in [4.78, 5) is 2.88. The van der Waals surface area contributed by atoms with E-state index in [4.69, 9.17) is 12.2 Å². The van der Waals surface area contributed by atoms with Crippen molar-refractivity contribution in [2.45, 2.75) is 19.9 Å². The Hall–Kier alpha value is -1.16. The lowest BCUT2D eigenvalue weighted by Crippen LogP contribution is -1.99. The zero-order chi connectivity index (χ0) is 10.3. The van der Waals surface area contributed by atoms with Crippen LogP contribution in [-0.4, -0.2) is 9.55 Å². The molecule has 1 N–H and O–H groups in total. The first-order valence-electron chi connectivity index (χ1n) is 4.50. The van der Waals surface area contributed by atoms with Crippen molar-refractivity contribution in [3.05, 3.63) is 28.8 Å². The molecule has 14 heavy (non-hydrogen) atoms. The highest BCUT2D eigenvalue weighted by molar-refractivity contribution is 7.71. The lowest BCUT2D eigenvalue weighted by atomic mass is 10.3. The SMILES string of the molecule is CC(C)n1c(=S)[nH]c2c(F)cccc21. The Kier molecular flexibility index (Phi) is 2.15. The van der Waals surface area contributed by atoms with E-state index in [1.54, 1.807) is 6.07 Å². The van der Waals surface area contributed by atoms with Gasteiger partial charge in [-0.3, -0.25) is 0 Å². The number of fused-ring (bicyclic) bond motifs is 1. The molecule has 0 saturated heterocycles. The second-order valence-corrected chi connectivity index (χ2v) is 3.91. The topological polar surface area (TPSA) is 20.7 Å². The van der Waals surface area contributed by atoms with Crippen LogP contribution in [0.4, 0.5) is 4.39 Å². The molecule has 1 aromatic heterocycles. The Balaban J connectivity index is 2.91. The van der Waals surface area contributed by atoms with Crippen molar-refractivity contribution in [1.29, 1.82) is 0 Å². The lowest BCUT2D eigenvalue weighted by Gasteiger charge is -2.07. The number of imidazole rings is 1. The van der Waals surface area contributed by atoms with Gasteiger partial charge < -0.3 is 9.55 Å². The third kappa shape index (κ3) is 1.26. The van der Waals surface area contributed by atoms with E-state index in [1.165, 1.54) is 6.07 Å². The Morgan fingerprint density at radius 3 is 2.79 bits per heavy atom.